The van der Waals surface area contributed by atoms with Gasteiger partial charge in [0.15, 0.2) is 0 Å². The van der Waals surface area contributed by atoms with Gasteiger partial charge in [-0.1, -0.05) is 6.92 Å². The van der Waals surface area contributed by atoms with E-state index in [2.05, 4.69) is 0 Å². The second-order valence-corrected chi connectivity index (χ2v) is 1.86. The third-order valence-corrected chi connectivity index (χ3v) is 0.877. The third kappa shape index (κ3) is 7.49. The lowest BCUT2D eigenvalue weighted by Gasteiger charge is -1.90. The first kappa shape index (κ1) is 12.2. The number of hydrogen-bond donors (Lipinski definition) is 1. The Kier molecular flexibility index (Phi) is 8.06. The Morgan fingerprint density at radius 2 is 1.90 bits per heavy atom. The maximum absolute atomic E-state index is 10.5. The quantitative estimate of drug-likeness (QED) is 0.629. The van der Waals surface area contributed by atoms with Crippen molar-refractivity contribution in [2.24, 2.45) is 0 Å². The van der Waals surface area contributed by atoms with Gasteiger partial charge in [0.1, 0.15) is 12.2 Å². The highest BCUT2D eigenvalue weighted by Crippen LogP contribution is 1.92. The van der Waals surface area contributed by atoms with Crippen LogP contribution in [-0.2, 0) is 9.59 Å². The lowest BCUT2D eigenvalue weighted by molar-refractivity contribution is -0.140. The number of rotatable bonds is 4. The molecule has 0 atom stereocenters. The molecule has 0 bridgehead atoms. The predicted molar refractivity (Wildman–Crippen MR) is 42.5 cm³/mol. The third-order valence-electron chi connectivity index (χ3n) is 0.877. The van der Waals surface area contributed by atoms with Gasteiger partial charge < -0.3 is 5.11 Å². The molecular weight excluding hydrogens is 152 g/mol. The molecule has 0 rings (SSSR count). The maximum atomic E-state index is 10.5. The fourth-order valence-electron chi connectivity index (χ4n) is 0.536. The number of aliphatic carboxylic acids is 1. The van der Waals surface area contributed by atoms with E-state index in [4.69, 9.17) is 5.11 Å². The first-order valence-corrected chi connectivity index (χ1v) is 2.90. The topological polar surface area (TPSA) is 54.4 Å². The van der Waals surface area contributed by atoms with E-state index in [9.17, 15) is 9.59 Å². The normalized spacial score (nSPS) is 8.10. The highest BCUT2D eigenvalue weighted by Gasteiger charge is 2.04. The maximum Gasteiger partial charge on any atom is 0.310 e. The van der Waals surface area contributed by atoms with Gasteiger partial charge in [-0.25, -0.2) is 0 Å². The Bertz CT molecular complexity index is 122. The molecule has 0 saturated heterocycles. The van der Waals surface area contributed by atoms with E-state index in [1.165, 1.54) is 0 Å². The standard InChI is InChI=1S/C6H10O3.H2S/c1-2-3-5(7)4-6(8)9;/h2-4H2,1H3,(H,8,9);1H2. The highest BCUT2D eigenvalue weighted by molar-refractivity contribution is 7.59. The molecule has 10 heavy (non-hydrogen) atoms. The minimum atomic E-state index is -1.03. The largest absolute Gasteiger partial charge is 0.481 e. The van der Waals surface area contributed by atoms with Gasteiger partial charge in [0.05, 0.1) is 0 Å². The van der Waals surface area contributed by atoms with Gasteiger partial charge in [0.2, 0.25) is 0 Å². The molecule has 0 fully saturated rings. The van der Waals surface area contributed by atoms with Crippen LogP contribution in [0, 0.1) is 0 Å². The number of ketones is 1. The molecular formula is C6H12O3S. The van der Waals surface area contributed by atoms with Gasteiger partial charge in [-0.2, -0.15) is 13.5 Å². The summed E-state index contributed by atoms with van der Waals surface area (Å²) in [5.41, 5.74) is 0. The molecule has 0 aliphatic heterocycles. The average Bonchev–Trinajstić information content (AvgIpc) is 1.63. The number of Topliss-reactive ketones (excluding diaryl/α,β-unsaturated/α-hetero) is 1. The van der Waals surface area contributed by atoms with Crippen LogP contribution in [0.5, 0.6) is 0 Å². The molecule has 0 saturated carbocycles. The molecule has 3 nitrogen and oxygen atoms in total. The summed E-state index contributed by atoms with van der Waals surface area (Å²) in [6.45, 7) is 1.85. The van der Waals surface area contributed by atoms with Crippen molar-refractivity contribution in [1.82, 2.24) is 0 Å². The first-order valence-electron chi connectivity index (χ1n) is 2.90. The summed E-state index contributed by atoms with van der Waals surface area (Å²) in [6.07, 6.45) is 0.784. The molecule has 4 heteroatoms. The van der Waals surface area contributed by atoms with E-state index in [1.807, 2.05) is 6.92 Å². The van der Waals surface area contributed by atoms with Gasteiger partial charge in [-0.05, 0) is 6.42 Å². The SMILES string of the molecule is CCCC(=O)CC(=O)O.S. The molecule has 0 heterocycles. The molecule has 0 aliphatic rings. The summed E-state index contributed by atoms with van der Waals surface area (Å²) in [7, 11) is 0. The van der Waals surface area contributed by atoms with Crippen molar-refractivity contribution in [3.8, 4) is 0 Å². The Morgan fingerprint density at radius 1 is 1.40 bits per heavy atom. The minimum absolute atomic E-state index is 0. The Hall–Kier alpha value is -0.510. The molecule has 60 valence electrons. The molecule has 0 aliphatic carbocycles. The average molecular weight is 164 g/mol. The lowest BCUT2D eigenvalue weighted by atomic mass is 10.2. The first-order chi connectivity index (χ1) is 4.16. The number of carboxylic acids is 1. The Morgan fingerprint density at radius 3 is 2.20 bits per heavy atom. The van der Waals surface area contributed by atoms with Crippen LogP contribution in [0.3, 0.4) is 0 Å². The minimum Gasteiger partial charge on any atom is -0.481 e. The van der Waals surface area contributed by atoms with E-state index < -0.39 is 5.97 Å². The van der Waals surface area contributed by atoms with E-state index in [0.717, 1.165) is 6.42 Å². The number of carboxylic acid groups (broad SMARTS) is 1. The molecule has 0 spiro atoms. The molecule has 0 aromatic carbocycles. The molecule has 0 amide bonds. The second kappa shape index (κ2) is 6.61. The summed E-state index contributed by atoms with van der Waals surface area (Å²) in [4.78, 5) is 20.3. The van der Waals surface area contributed by atoms with Crippen LogP contribution in [0.25, 0.3) is 0 Å². The fourth-order valence-corrected chi connectivity index (χ4v) is 0.536. The van der Waals surface area contributed by atoms with Crippen LogP contribution in [0.2, 0.25) is 0 Å². The van der Waals surface area contributed by atoms with Crippen molar-refractivity contribution in [2.75, 3.05) is 0 Å². The van der Waals surface area contributed by atoms with Crippen molar-refractivity contribution in [1.29, 1.82) is 0 Å². The molecule has 0 unspecified atom stereocenters. The number of carbonyl (C=O) groups excluding carboxylic acids is 1. The van der Waals surface area contributed by atoms with Crippen molar-refractivity contribution in [2.45, 2.75) is 26.2 Å². The van der Waals surface area contributed by atoms with Gasteiger partial charge in [-0.15, -0.1) is 0 Å². The van der Waals surface area contributed by atoms with E-state index in [-0.39, 0.29) is 25.7 Å². The second-order valence-electron chi connectivity index (χ2n) is 1.86. The predicted octanol–water partition coefficient (Wildman–Crippen LogP) is 0.943. The number of carbonyl (C=O) groups is 2. The van der Waals surface area contributed by atoms with Crippen LogP contribution in [-0.4, -0.2) is 16.9 Å². The molecule has 0 aromatic heterocycles. The van der Waals surface area contributed by atoms with Crippen molar-refractivity contribution < 1.29 is 14.7 Å². The molecule has 1 N–H and O–H groups in total. The smallest absolute Gasteiger partial charge is 0.310 e. The van der Waals surface area contributed by atoms with Crippen LogP contribution in [0.15, 0.2) is 0 Å². The summed E-state index contributed by atoms with van der Waals surface area (Å²) in [6, 6.07) is 0. The van der Waals surface area contributed by atoms with Gasteiger partial charge in [0.25, 0.3) is 0 Å². The molecule has 0 aromatic rings. The van der Waals surface area contributed by atoms with Gasteiger partial charge >= 0.3 is 5.97 Å². The zero-order valence-corrected chi connectivity index (χ0v) is 6.89. The zero-order valence-electron chi connectivity index (χ0n) is 5.89. The van der Waals surface area contributed by atoms with Gasteiger partial charge in [-0.3, -0.25) is 9.59 Å². The number of hydrogen-bond acceptors (Lipinski definition) is 2. The fraction of sp³-hybridized carbons (Fsp3) is 0.667. The Balaban J connectivity index is 0. The van der Waals surface area contributed by atoms with Crippen LogP contribution < -0.4 is 0 Å². The monoisotopic (exact) mass is 164 g/mol. The summed E-state index contributed by atoms with van der Waals surface area (Å²) in [5.74, 6) is -1.22. The zero-order chi connectivity index (χ0) is 7.28. The van der Waals surface area contributed by atoms with E-state index >= 15 is 0 Å². The van der Waals surface area contributed by atoms with Crippen molar-refractivity contribution in [3.05, 3.63) is 0 Å². The van der Waals surface area contributed by atoms with Crippen molar-refractivity contribution in [3.63, 3.8) is 0 Å². The van der Waals surface area contributed by atoms with Gasteiger partial charge in [0, 0.05) is 6.42 Å². The Labute approximate surface area is 66.9 Å². The van der Waals surface area contributed by atoms with Crippen LogP contribution in [0.1, 0.15) is 26.2 Å². The van der Waals surface area contributed by atoms with Crippen LogP contribution in [0.4, 0.5) is 0 Å². The summed E-state index contributed by atoms with van der Waals surface area (Å²) < 4.78 is 0. The van der Waals surface area contributed by atoms with E-state index in [1.54, 1.807) is 0 Å². The lowest BCUT2D eigenvalue weighted by Crippen LogP contribution is -2.05. The highest BCUT2D eigenvalue weighted by atomic mass is 32.1. The van der Waals surface area contributed by atoms with Crippen LogP contribution >= 0.6 is 13.5 Å². The summed E-state index contributed by atoms with van der Waals surface area (Å²) in [5, 5.41) is 8.09. The molecule has 0 radical (unpaired) electrons. The van der Waals surface area contributed by atoms with E-state index in [0.29, 0.717) is 6.42 Å². The van der Waals surface area contributed by atoms with Crippen molar-refractivity contribution >= 4 is 25.2 Å². The summed E-state index contributed by atoms with van der Waals surface area (Å²) >= 11 is 0.